The fourth-order valence-electron chi connectivity index (χ4n) is 3.74. The molecule has 0 unspecified atom stereocenters. The summed E-state index contributed by atoms with van der Waals surface area (Å²) in [7, 11) is 0. The van der Waals surface area contributed by atoms with Gasteiger partial charge >= 0.3 is 0 Å². The smallest absolute Gasteiger partial charge is 0.198 e. The van der Waals surface area contributed by atoms with Gasteiger partial charge < -0.3 is 0 Å². The first-order chi connectivity index (χ1) is 15.5. The predicted molar refractivity (Wildman–Crippen MR) is 133 cm³/mol. The van der Waals surface area contributed by atoms with Crippen LogP contribution in [-0.4, -0.2) is 23.1 Å². The van der Waals surface area contributed by atoms with Crippen molar-refractivity contribution < 1.29 is 19.2 Å². The summed E-state index contributed by atoms with van der Waals surface area (Å²) in [6.45, 7) is 3.56. The monoisotopic (exact) mass is 448 g/mol. The van der Waals surface area contributed by atoms with E-state index in [4.69, 9.17) is 0 Å². The van der Waals surface area contributed by atoms with Gasteiger partial charge in [-0.05, 0) is 38.5 Å². The van der Waals surface area contributed by atoms with E-state index in [0.29, 0.717) is 37.9 Å². The van der Waals surface area contributed by atoms with Crippen LogP contribution in [0.4, 0.5) is 0 Å². The molecule has 0 saturated heterocycles. The third-order valence-corrected chi connectivity index (χ3v) is 5.90. The van der Waals surface area contributed by atoms with Gasteiger partial charge in [-0.15, -0.1) is 0 Å². The minimum atomic E-state index is -0.354. The second-order valence-electron chi connectivity index (χ2n) is 9.12. The highest BCUT2D eigenvalue weighted by Crippen LogP contribution is 2.12. The number of carbonyl (C=O) groups excluding carboxylic acids is 4. The summed E-state index contributed by atoms with van der Waals surface area (Å²) < 4.78 is 0. The Labute approximate surface area is 197 Å². The van der Waals surface area contributed by atoms with Crippen LogP contribution in [0.2, 0.25) is 0 Å². The summed E-state index contributed by atoms with van der Waals surface area (Å²) in [5.74, 6) is -0.0685. The van der Waals surface area contributed by atoms with Crippen molar-refractivity contribution in [2.45, 2.75) is 142 Å². The Morgan fingerprint density at radius 3 is 1.59 bits per heavy atom. The topological polar surface area (TPSA) is 68.3 Å². The Hall–Kier alpha value is -1.58. The largest absolute Gasteiger partial charge is 0.300 e. The molecule has 0 spiro atoms. The second kappa shape index (κ2) is 22.6. The van der Waals surface area contributed by atoms with Crippen molar-refractivity contribution in [1.29, 1.82) is 0 Å². The molecule has 0 aromatic rings. The van der Waals surface area contributed by atoms with Gasteiger partial charge in [0.15, 0.2) is 11.6 Å². The van der Waals surface area contributed by atoms with Gasteiger partial charge in [-0.1, -0.05) is 76.9 Å². The number of hydrogen-bond acceptors (Lipinski definition) is 4. The first kappa shape index (κ1) is 30.4. The van der Waals surface area contributed by atoms with E-state index in [9.17, 15) is 19.2 Å². The van der Waals surface area contributed by atoms with E-state index in [1.165, 1.54) is 51.9 Å². The molecule has 0 aromatic carbocycles. The molecule has 0 heterocycles. The van der Waals surface area contributed by atoms with Crippen LogP contribution in [0.1, 0.15) is 142 Å². The summed E-state index contributed by atoms with van der Waals surface area (Å²) in [4.78, 5) is 45.9. The molecule has 0 N–H and O–H groups in total. The van der Waals surface area contributed by atoms with Crippen LogP contribution in [0.25, 0.3) is 0 Å². The van der Waals surface area contributed by atoms with E-state index >= 15 is 0 Å². The van der Waals surface area contributed by atoms with Gasteiger partial charge in [-0.25, -0.2) is 0 Å². The number of unbranched alkanes of at least 4 members (excludes halogenated alkanes) is 12. The minimum Gasteiger partial charge on any atom is -0.300 e. The van der Waals surface area contributed by atoms with E-state index in [-0.39, 0.29) is 17.3 Å². The molecule has 0 aliphatic rings. The fourth-order valence-corrected chi connectivity index (χ4v) is 3.74. The van der Waals surface area contributed by atoms with Crippen molar-refractivity contribution in [3.8, 4) is 0 Å². The Morgan fingerprint density at radius 1 is 0.531 bits per heavy atom. The maximum atomic E-state index is 11.9. The van der Waals surface area contributed by atoms with Gasteiger partial charge in [0.1, 0.15) is 11.6 Å². The van der Waals surface area contributed by atoms with Crippen LogP contribution < -0.4 is 0 Å². The molecular formula is C28H48O4. The van der Waals surface area contributed by atoms with Crippen LogP contribution in [0.5, 0.6) is 0 Å². The third kappa shape index (κ3) is 21.6. The van der Waals surface area contributed by atoms with Gasteiger partial charge in [0.25, 0.3) is 0 Å². The molecule has 32 heavy (non-hydrogen) atoms. The lowest BCUT2D eigenvalue weighted by molar-refractivity contribution is -0.135. The molecule has 0 aliphatic carbocycles. The van der Waals surface area contributed by atoms with Crippen LogP contribution in [0.3, 0.4) is 0 Å². The minimum absolute atomic E-state index is 0.275. The number of Topliss-reactive ketones (excluding diaryl/α,β-unsaturated/α-hetero) is 4. The van der Waals surface area contributed by atoms with E-state index in [1.54, 1.807) is 0 Å². The van der Waals surface area contributed by atoms with Crippen molar-refractivity contribution in [3.63, 3.8) is 0 Å². The lowest BCUT2D eigenvalue weighted by Gasteiger charge is -2.02. The van der Waals surface area contributed by atoms with E-state index < -0.39 is 0 Å². The molecule has 4 heteroatoms. The quantitative estimate of drug-likeness (QED) is 0.0863. The molecular weight excluding hydrogens is 400 g/mol. The van der Waals surface area contributed by atoms with Gasteiger partial charge in [-0.2, -0.15) is 0 Å². The first-order valence-corrected chi connectivity index (χ1v) is 13.2. The molecule has 0 amide bonds. The van der Waals surface area contributed by atoms with Crippen molar-refractivity contribution in [1.82, 2.24) is 0 Å². The molecule has 0 fully saturated rings. The molecule has 0 saturated carbocycles. The Kier molecular flexibility index (Phi) is 21.5. The summed E-state index contributed by atoms with van der Waals surface area (Å²) in [5, 5.41) is 0. The standard InChI is InChI=1S/C28H48O4/c1-3-4-5-6-7-8-9-10-12-15-20-26(30)22-18-19-23-27(31)21-16-13-11-14-17-24-28(32)25(2)29/h12,15H,3-11,13-14,16-24H2,1-2H3. The molecule has 0 atom stereocenters. The predicted octanol–water partition coefficient (Wildman–Crippen LogP) is 7.66. The van der Waals surface area contributed by atoms with Crippen molar-refractivity contribution in [3.05, 3.63) is 12.2 Å². The highest BCUT2D eigenvalue weighted by Gasteiger charge is 2.07. The Balaban J connectivity index is 3.45. The van der Waals surface area contributed by atoms with Crippen molar-refractivity contribution >= 4 is 23.1 Å². The number of ketones is 4. The zero-order chi connectivity index (χ0) is 23.9. The zero-order valence-electron chi connectivity index (χ0n) is 20.9. The van der Waals surface area contributed by atoms with Crippen LogP contribution in [0, 0.1) is 0 Å². The average Bonchev–Trinajstić information content (AvgIpc) is 2.77. The van der Waals surface area contributed by atoms with E-state index in [2.05, 4.69) is 13.0 Å². The molecule has 0 aromatic heterocycles. The summed E-state index contributed by atoms with van der Waals surface area (Å²) in [5.41, 5.74) is 0. The SMILES string of the molecule is CCCCCCCCCC=CCC(=O)CCCCC(=O)CCCCCCCC(=O)C(C)=O. The van der Waals surface area contributed by atoms with Gasteiger partial charge in [0, 0.05) is 39.0 Å². The van der Waals surface area contributed by atoms with Gasteiger partial charge in [0.2, 0.25) is 0 Å². The van der Waals surface area contributed by atoms with Crippen LogP contribution >= 0.6 is 0 Å². The van der Waals surface area contributed by atoms with E-state index in [0.717, 1.165) is 51.4 Å². The summed E-state index contributed by atoms with van der Waals surface area (Å²) in [6.07, 6.45) is 23.3. The number of hydrogen-bond donors (Lipinski definition) is 0. The lowest BCUT2D eigenvalue weighted by Crippen LogP contribution is -2.08. The number of rotatable bonds is 24. The van der Waals surface area contributed by atoms with Crippen LogP contribution in [0.15, 0.2) is 12.2 Å². The number of carbonyl (C=O) groups is 4. The lowest BCUT2D eigenvalue weighted by atomic mass is 10.0. The molecule has 4 nitrogen and oxygen atoms in total. The number of allylic oxidation sites excluding steroid dienone is 2. The maximum Gasteiger partial charge on any atom is 0.198 e. The third-order valence-electron chi connectivity index (χ3n) is 5.90. The first-order valence-electron chi connectivity index (χ1n) is 13.2. The molecule has 0 aliphatic heterocycles. The van der Waals surface area contributed by atoms with Crippen molar-refractivity contribution in [2.24, 2.45) is 0 Å². The molecule has 0 bridgehead atoms. The highest BCUT2D eigenvalue weighted by molar-refractivity contribution is 6.36. The molecule has 184 valence electrons. The van der Waals surface area contributed by atoms with Crippen LogP contribution in [-0.2, 0) is 19.2 Å². The van der Waals surface area contributed by atoms with Crippen molar-refractivity contribution in [2.75, 3.05) is 0 Å². The summed E-state index contributed by atoms with van der Waals surface area (Å²) in [6, 6.07) is 0. The van der Waals surface area contributed by atoms with E-state index in [1.807, 2.05) is 6.08 Å². The summed E-state index contributed by atoms with van der Waals surface area (Å²) >= 11 is 0. The average molecular weight is 449 g/mol. The zero-order valence-corrected chi connectivity index (χ0v) is 20.9. The molecule has 0 radical (unpaired) electrons. The normalized spacial score (nSPS) is 11.2. The second-order valence-corrected chi connectivity index (χ2v) is 9.12. The van der Waals surface area contributed by atoms with Gasteiger partial charge in [0.05, 0.1) is 0 Å². The van der Waals surface area contributed by atoms with Gasteiger partial charge in [-0.3, -0.25) is 19.2 Å². The molecule has 0 rings (SSSR count). The Bertz CT molecular complexity index is 548. The maximum absolute atomic E-state index is 11.9. The Morgan fingerprint density at radius 2 is 1.00 bits per heavy atom. The highest BCUT2D eigenvalue weighted by atomic mass is 16.2. The fraction of sp³-hybridized carbons (Fsp3) is 0.786.